The lowest BCUT2D eigenvalue weighted by atomic mass is 9.93. The number of carbonyl (C=O) groups is 1. The average Bonchev–Trinajstić information content (AvgIpc) is 2.92. The number of nitrogens with zero attached hydrogens (tertiary/aromatic N) is 3. The van der Waals surface area contributed by atoms with Crippen LogP contribution in [0.4, 0.5) is 0 Å². The number of amides is 1. The smallest absolute Gasteiger partial charge is 0.253 e. The number of carbonyl (C=O) groups excluding carboxylic acids is 1. The van der Waals surface area contributed by atoms with Crippen LogP contribution in [0.25, 0.3) is 11.3 Å². The molecule has 1 atom stereocenters. The summed E-state index contributed by atoms with van der Waals surface area (Å²) in [6, 6.07) is 3.70. The fraction of sp³-hybridized carbons (Fsp3) is 0.471. The number of rotatable bonds is 3. The van der Waals surface area contributed by atoms with Gasteiger partial charge in [0.2, 0.25) is 0 Å². The Labute approximate surface area is 135 Å². The third-order valence-electron chi connectivity index (χ3n) is 4.06. The Bertz CT molecular complexity index is 708. The predicted molar refractivity (Wildman–Crippen MR) is 87.0 cm³/mol. The molecule has 0 aromatic carbocycles. The van der Waals surface area contributed by atoms with Gasteiger partial charge in [0.1, 0.15) is 0 Å². The minimum Gasteiger partial charge on any atom is -0.375 e. The normalized spacial score (nSPS) is 20.2. The van der Waals surface area contributed by atoms with Gasteiger partial charge in [-0.1, -0.05) is 0 Å². The van der Waals surface area contributed by atoms with Crippen LogP contribution >= 0.6 is 0 Å². The maximum absolute atomic E-state index is 12.7. The molecule has 6 nitrogen and oxygen atoms in total. The molecule has 1 saturated heterocycles. The van der Waals surface area contributed by atoms with E-state index in [1.807, 2.05) is 13.2 Å². The zero-order valence-corrected chi connectivity index (χ0v) is 13.7. The predicted octanol–water partition coefficient (Wildman–Crippen LogP) is 2.17. The molecule has 0 radical (unpaired) electrons. The van der Waals surface area contributed by atoms with Crippen LogP contribution in [0.5, 0.6) is 0 Å². The summed E-state index contributed by atoms with van der Waals surface area (Å²) in [5.41, 5.74) is 1.87. The molecule has 0 spiro atoms. The summed E-state index contributed by atoms with van der Waals surface area (Å²) in [6.07, 6.45) is 6.91. The van der Waals surface area contributed by atoms with Gasteiger partial charge < -0.3 is 10.1 Å². The third kappa shape index (κ3) is 3.59. The van der Waals surface area contributed by atoms with E-state index in [1.54, 1.807) is 29.2 Å². The van der Waals surface area contributed by atoms with Crippen LogP contribution < -0.4 is 5.32 Å². The largest absolute Gasteiger partial charge is 0.375 e. The molecule has 3 rings (SSSR count). The summed E-state index contributed by atoms with van der Waals surface area (Å²) in [5, 5.41) is 7.28. The van der Waals surface area contributed by atoms with Gasteiger partial charge in [-0.2, -0.15) is 5.10 Å². The highest BCUT2D eigenvalue weighted by Crippen LogP contribution is 2.25. The Morgan fingerprint density at radius 3 is 3.00 bits per heavy atom. The highest BCUT2D eigenvalue weighted by molar-refractivity contribution is 5.99. The lowest BCUT2D eigenvalue weighted by molar-refractivity contribution is -0.0615. The van der Waals surface area contributed by atoms with Crippen molar-refractivity contribution in [2.75, 3.05) is 6.61 Å². The quantitative estimate of drug-likeness (QED) is 0.942. The van der Waals surface area contributed by atoms with Gasteiger partial charge in [0.15, 0.2) is 0 Å². The molecule has 0 aliphatic carbocycles. The topological polar surface area (TPSA) is 69.0 Å². The number of aromatic nitrogens is 3. The number of nitrogens with one attached hydrogen (secondary N) is 1. The van der Waals surface area contributed by atoms with Crippen LogP contribution in [0.1, 0.15) is 37.0 Å². The Morgan fingerprint density at radius 2 is 2.30 bits per heavy atom. The van der Waals surface area contributed by atoms with Crippen molar-refractivity contribution < 1.29 is 9.53 Å². The molecule has 122 valence electrons. The summed E-state index contributed by atoms with van der Waals surface area (Å²) < 4.78 is 7.41. The Kier molecular flexibility index (Phi) is 4.17. The van der Waals surface area contributed by atoms with Crippen molar-refractivity contribution in [3.8, 4) is 11.3 Å². The van der Waals surface area contributed by atoms with E-state index in [-0.39, 0.29) is 17.6 Å². The van der Waals surface area contributed by atoms with Crippen LogP contribution in [0, 0.1) is 0 Å². The number of pyridine rings is 1. The summed E-state index contributed by atoms with van der Waals surface area (Å²) >= 11 is 0. The molecule has 1 N–H and O–H groups in total. The first-order valence-corrected chi connectivity index (χ1v) is 7.83. The second-order valence-corrected chi connectivity index (χ2v) is 6.57. The lowest BCUT2D eigenvalue weighted by Crippen LogP contribution is -2.45. The Morgan fingerprint density at radius 1 is 1.48 bits per heavy atom. The monoisotopic (exact) mass is 314 g/mol. The van der Waals surface area contributed by atoms with Crippen LogP contribution in [-0.4, -0.2) is 38.9 Å². The van der Waals surface area contributed by atoms with Crippen molar-refractivity contribution in [1.82, 2.24) is 20.1 Å². The number of ether oxygens (including phenoxy) is 1. The maximum atomic E-state index is 12.7. The molecule has 3 heterocycles. The van der Waals surface area contributed by atoms with Crippen LogP contribution in [-0.2, 0) is 11.8 Å². The first-order chi connectivity index (χ1) is 10.9. The van der Waals surface area contributed by atoms with Crippen molar-refractivity contribution in [2.45, 2.75) is 38.3 Å². The Balaban J connectivity index is 1.80. The van der Waals surface area contributed by atoms with E-state index in [0.29, 0.717) is 17.9 Å². The standard InChI is InChI=1S/C17H22N4O2/c1-17(2)9-13(6-8-23-17)20-16(22)14-5-4-7-18-15(14)12-10-19-21(3)11-12/h4-5,7,10-11,13H,6,8-9H2,1-3H3,(H,20,22)/t13-/m0/s1. The van der Waals surface area contributed by atoms with Crippen LogP contribution in [0.3, 0.4) is 0 Å². The van der Waals surface area contributed by atoms with Gasteiger partial charge in [-0.3, -0.25) is 14.5 Å². The van der Waals surface area contributed by atoms with Crippen LogP contribution in [0.2, 0.25) is 0 Å². The molecular formula is C17H22N4O2. The van der Waals surface area contributed by atoms with E-state index >= 15 is 0 Å². The van der Waals surface area contributed by atoms with Gasteiger partial charge in [-0.15, -0.1) is 0 Å². The third-order valence-corrected chi connectivity index (χ3v) is 4.06. The minimum atomic E-state index is -0.197. The van der Waals surface area contributed by atoms with Crippen molar-refractivity contribution in [3.63, 3.8) is 0 Å². The highest BCUT2D eigenvalue weighted by Gasteiger charge is 2.30. The number of hydrogen-bond donors (Lipinski definition) is 1. The van der Waals surface area contributed by atoms with Crippen molar-refractivity contribution >= 4 is 5.91 Å². The molecule has 0 bridgehead atoms. The zero-order valence-electron chi connectivity index (χ0n) is 13.7. The number of hydrogen-bond acceptors (Lipinski definition) is 4. The molecule has 0 unspecified atom stereocenters. The van der Waals surface area contributed by atoms with Gasteiger partial charge in [0, 0.05) is 37.7 Å². The average molecular weight is 314 g/mol. The summed E-state index contributed by atoms with van der Waals surface area (Å²) in [6.45, 7) is 4.77. The SMILES string of the molecule is Cn1cc(-c2ncccc2C(=O)N[C@H]2CCOC(C)(C)C2)cn1. The molecule has 0 saturated carbocycles. The molecule has 1 amide bonds. The number of aryl methyl sites for hydroxylation is 1. The van der Waals surface area contributed by atoms with E-state index in [0.717, 1.165) is 18.4 Å². The molecule has 1 fully saturated rings. The molecule has 2 aromatic rings. The second-order valence-electron chi connectivity index (χ2n) is 6.57. The van der Waals surface area contributed by atoms with E-state index in [9.17, 15) is 4.79 Å². The maximum Gasteiger partial charge on any atom is 0.253 e. The molecule has 1 aliphatic heterocycles. The van der Waals surface area contributed by atoms with Crippen molar-refractivity contribution in [3.05, 3.63) is 36.3 Å². The van der Waals surface area contributed by atoms with Gasteiger partial charge >= 0.3 is 0 Å². The molecular weight excluding hydrogens is 292 g/mol. The van der Waals surface area contributed by atoms with Crippen molar-refractivity contribution in [2.24, 2.45) is 7.05 Å². The van der Waals surface area contributed by atoms with E-state index in [2.05, 4.69) is 29.2 Å². The lowest BCUT2D eigenvalue weighted by Gasteiger charge is -2.35. The fourth-order valence-corrected chi connectivity index (χ4v) is 2.98. The van der Waals surface area contributed by atoms with E-state index in [1.165, 1.54) is 0 Å². The molecule has 6 heteroatoms. The Hall–Kier alpha value is -2.21. The minimum absolute atomic E-state index is 0.0975. The van der Waals surface area contributed by atoms with Crippen molar-refractivity contribution in [1.29, 1.82) is 0 Å². The summed E-state index contributed by atoms with van der Waals surface area (Å²) in [4.78, 5) is 17.1. The summed E-state index contributed by atoms with van der Waals surface area (Å²) in [7, 11) is 1.84. The molecule has 23 heavy (non-hydrogen) atoms. The van der Waals surface area contributed by atoms with Gasteiger partial charge in [-0.05, 0) is 38.8 Å². The second kappa shape index (κ2) is 6.12. The van der Waals surface area contributed by atoms with Gasteiger partial charge in [0.25, 0.3) is 5.91 Å². The highest BCUT2D eigenvalue weighted by atomic mass is 16.5. The first-order valence-electron chi connectivity index (χ1n) is 7.83. The van der Waals surface area contributed by atoms with Crippen LogP contribution in [0.15, 0.2) is 30.7 Å². The first kappa shape index (κ1) is 15.7. The fourth-order valence-electron chi connectivity index (χ4n) is 2.98. The van der Waals surface area contributed by atoms with Gasteiger partial charge in [-0.25, -0.2) is 0 Å². The van der Waals surface area contributed by atoms with E-state index in [4.69, 9.17) is 4.74 Å². The van der Waals surface area contributed by atoms with E-state index < -0.39 is 0 Å². The summed E-state index contributed by atoms with van der Waals surface area (Å²) in [5.74, 6) is -0.0975. The zero-order chi connectivity index (χ0) is 16.4. The molecule has 1 aliphatic rings. The van der Waals surface area contributed by atoms with Gasteiger partial charge in [0.05, 0.1) is 23.1 Å². The molecule has 2 aromatic heterocycles.